The van der Waals surface area contributed by atoms with Gasteiger partial charge in [0.15, 0.2) is 0 Å². The second kappa shape index (κ2) is 7.08. The maximum absolute atomic E-state index is 13.1. The molecule has 6 N–H and O–H groups in total. The first-order chi connectivity index (χ1) is 13.8. The van der Waals surface area contributed by atoms with Crippen LogP contribution in [0.25, 0.3) is 0 Å². The van der Waals surface area contributed by atoms with Gasteiger partial charge in [-0.2, -0.15) is 0 Å². The minimum atomic E-state index is -1.50. The molecule has 6 atom stereocenters. The Kier molecular flexibility index (Phi) is 4.84. The zero-order valence-corrected chi connectivity index (χ0v) is 15.6. The van der Waals surface area contributed by atoms with Crippen LogP contribution in [0.2, 0.25) is 0 Å². The van der Waals surface area contributed by atoms with Gasteiger partial charge in [0, 0.05) is 5.92 Å². The number of aromatic hydroxyl groups is 2. The third-order valence-electron chi connectivity index (χ3n) is 5.81. The Balaban J connectivity index is 1.97. The van der Waals surface area contributed by atoms with Gasteiger partial charge in [-0.3, -0.25) is 4.79 Å². The summed E-state index contributed by atoms with van der Waals surface area (Å²) in [5, 5.41) is 61.3. The first-order valence-electron chi connectivity index (χ1n) is 9.29. The Morgan fingerprint density at radius 1 is 0.931 bits per heavy atom. The number of carbonyl (C=O) groups excluding carboxylic acids is 1. The van der Waals surface area contributed by atoms with Crippen LogP contribution in [0.3, 0.4) is 0 Å². The molecular weight excluding hydrogens is 380 g/mol. The number of aliphatic hydroxyl groups excluding tert-OH is 4. The molecule has 1 aliphatic carbocycles. The maximum atomic E-state index is 13.1. The molecule has 1 aliphatic heterocycles. The Morgan fingerprint density at radius 2 is 1.62 bits per heavy atom. The number of phenols is 2. The fraction of sp³-hybridized carbons (Fsp3) is 0.381. The van der Waals surface area contributed by atoms with Crippen LogP contribution in [-0.2, 0) is 11.3 Å². The van der Waals surface area contributed by atoms with E-state index in [0.29, 0.717) is 16.7 Å². The topological polar surface area (TPSA) is 148 Å². The summed E-state index contributed by atoms with van der Waals surface area (Å²) in [7, 11) is 0. The molecule has 0 saturated carbocycles. The van der Waals surface area contributed by atoms with E-state index in [2.05, 4.69) is 0 Å². The molecule has 4 rings (SSSR count). The molecule has 0 aromatic heterocycles. The maximum Gasteiger partial charge on any atom is 0.201 e. The minimum absolute atomic E-state index is 0.0267. The smallest absolute Gasteiger partial charge is 0.201 e. The average molecular weight is 402 g/mol. The number of ether oxygens (including phenoxy) is 1. The summed E-state index contributed by atoms with van der Waals surface area (Å²) in [6.07, 6.45) is -6.17. The zero-order chi connectivity index (χ0) is 21.0. The molecule has 1 fully saturated rings. The van der Waals surface area contributed by atoms with Crippen LogP contribution in [0.1, 0.15) is 45.5 Å². The lowest BCUT2D eigenvalue weighted by Gasteiger charge is -2.44. The summed E-state index contributed by atoms with van der Waals surface area (Å²) >= 11 is 0. The van der Waals surface area contributed by atoms with E-state index in [-0.39, 0.29) is 29.2 Å². The monoisotopic (exact) mass is 402 g/mol. The molecule has 6 unspecified atom stereocenters. The highest BCUT2D eigenvalue weighted by atomic mass is 16.5. The average Bonchev–Trinajstić information content (AvgIpc) is 2.69. The molecule has 2 aromatic rings. The molecule has 1 saturated heterocycles. The second-order valence-electron chi connectivity index (χ2n) is 7.56. The summed E-state index contributed by atoms with van der Waals surface area (Å²) in [6, 6.07) is 7.28. The number of carbonyl (C=O) groups is 1. The highest BCUT2D eigenvalue weighted by Crippen LogP contribution is 2.47. The number of aliphatic hydroxyl groups is 4. The highest BCUT2D eigenvalue weighted by Gasteiger charge is 2.49. The standard InChI is InChI=1S/C21H22O8/c1-8-17(25)19(27)20(28)21(29-8)14-10-3-2-4-12(23)15(10)18(26)16-11(14)5-9(7-22)6-13(16)24/h2-6,8,14,17,19-25,27-28H,7H2,1H3. The van der Waals surface area contributed by atoms with E-state index in [1.54, 1.807) is 19.1 Å². The number of rotatable bonds is 2. The van der Waals surface area contributed by atoms with E-state index in [1.165, 1.54) is 18.2 Å². The van der Waals surface area contributed by atoms with Crippen LogP contribution in [-0.4, -0.2) is 66.9 Å². The lowest BCUT2D eigenvalue weighted by Crippen LogP contribution is -2.58. The van der Waals surface area contributed by atoms with Gasteiger partial charge in [0.25, 0.3) is 0 Å². The number of ketones is 1. The van der Waals surface area contributed by atoms with Crippen LogP contribution in [0.15, 0.2) is 30.3 Å². The van der Waals surface area contributed by atoms with Gasteiger partial charge >= 0.3 is 0 Å². The Bertz CT molecular complexity index is 971. The molecule has 0 spiro atoms. The summed E-state index contributed by atoms with van der Waals surface area (Å²) in [6.45, 7) is 1.16. The summed E-state index contributed by atoms with van der Waals surface area (Å²) in [5.74, 6) is -2.09. The number of hydrogen-bond acceptors (Lipinski definition) is 8. The molecule has 8 nitrogen and oxygen atoms in total. The predicted molar refractivity (Wildman–Crippen MR) is 99.8 cm³/mol. The number of hydrogen-bond donors (Lipinski definition) is 6. The Morgan fingerprint density at radius 3 is 2.31 bits per heavy atom. The van der Waals surface area contributed by atoms with Crippen molar-refractivity contribution in [1.29, 1.82) is 0 Å². The van der Waals surface area contributed by atoms with Crippen LogP contribution < -0.4 is 0 Å². The predicted octanol–water partition coefficient (Wildman–Crippen LogP) is 0.136. The van der Waals surface area contributed by atoms with Gasteiger partial charge in [-0.1, -0.05) is 18.2 Å². The first kappa shape index (κ1) is 19.8. The lowest BCUT2D eigenvalue weighted by molar-refractivity contribution is -0.220. The normalized spacial score (nSPS) is 31.3. The largest absolute Gasteiger partial charge is 0.507 e. The van der Waals surface area contributed by atoms with E-state index in [9.17, 15) is 35.4 Å². The number of fused-ring (bicyclic) bond motifs is 2. The summed E-state index contributed by atoms with van der Waals surface area (Å²) < 4.78 is 5.83. The molecule has 1 heterocycles. The van der Waals surface area contributed by atoms with Crippen molar-refractivity contribution in [3.8, 4) is 11.5 Å². The molecule has 2 aromatic carbocycles. The molecule has 0 bridgehead atoms. The van der Waals surface area contributed by atoms with E-state index in [4.69, 9.17) is 4.74 Å². The van der Waals surface area contributed by atoms with Crippen molar-refractivity contribution in [1.82, 2.24) is 0 Å². The van der Waals surface area contributed by atoms with Gasteiger partial charge in [-0.15, -0.1) is 0 Å². The van der Waals surface area contributed by atoms with E-state index in [1.807, 2.05) is 0 Å². The number of benzene rings is 2. The Hall–Kier alpha value is -2.49. The van der Waals surface area contributed by atoms with E-state index >= 15 is 0 Å². The van der Waals surface area contributed by atoms with Gasteiger partial charge in [0.2, 0.25) is 5.78 Å². The van der Waals surface area contributed by atoms with Crippen molar-refractivity contribution in [2.24, 2.45) is 0 Å². The molecule has 8 heteroatoms. The lowest BCUT2D eigenvalue weighted by atomic mass is 9.71. The fourth-order valence-electron chi connectivity index (χ4n) is 4.36. The van der Waals surface area contributed by atoms with Gasteiger partial charge < -0.3 is 35.4 Å². The van der Waals surface area contributed by atoms with Gasteiger partial charge in [-0.05, 0) is 35.7 Å². The van der Waals surface area contributed by atoms with Gasteiger partial charge in [-0.25, -0.2) is 0 Å². The molecule has 0 amide bonds. The highest BCUT2D eigenvalue weighted by molar-refractivity contribution is 6.16. The van der Waals surface area contributed by atoms with E-state index in [0.717, 1.165) is 0 Å². The molecule has 154 valence electrons. The van der Waals surface area contributed by atoms with Crippen molar-refractivity contribution in [2.75, 3.05) is 0 Å². The van der Waals surface area contributed by atoms with Gasteiger partial charge in [0.1, 0.15) is 29.8 Å². The van der Waals surface area contributed by atoms with Crippen molar-refractivity contribution >= 4 is 5.78 Å². The Labute approximate surface area is 166 Å². The second-order valence-corrected chi connectivity index (χ2v) is 7.56. The molecule has 2 aliphatic rings. The molecular formula is C21H22O8. The first-order valence-corrected chi connectivity index (χ1v) is 9.29. The van der Waals surface area contributed by atoms with Crippen LogP contribution in [0.4, 0.5) is 0 Å². The van der Waals surface area contributed by atoms with Gasteiger partial charge in [0.05, 0.1) is 29.9 Å². The van der Waals surface area contributed by atoms with Crippen LogP contribution in [0.5, 0.6) is 11.5 Å². The van der Waals surface area contributed by atoms with Crippen molar-refractivity contribution in [3.63, 3.8) is 0 Å². The number of phenolic OH excluding ortho intramolecular Hbond substituents is 2. The van der Waals surface area contributed by atoms with Crippen molar-refractivity contribution in [2.45, 2.75) is 50.0 Å². The quantitative estimate of drug-likeness (QED) is 0.416. The molecule has 29 heavy (non-hydrogen) atoms. The van der Waals surface area contributed by atoms with Crippen LogP contribution in [0, 0.1) is 0 Å². The van der Waals surface area contributed by atoms with Crippen LogP contribution >= 0.6 is 0 Å². The minimum Gasteiger partial charge on any atom is -0.507 e. The zero-order valence-electron chi connectivity index (χ0n) is 15.6. The third kappa shape index (κ3) is 2.92. The third-order valence-corrected chi connectivity index (χ3v) is 5.81. The van der Waals surface area contributed by atoms with E-state index < -0.39 is 42.2 Å². The summed E-state index contributed by atoms with van der Waals surface area (Å²) in [4.78, 5) is 13.1. The van der Waals surface area contributed by atoms with Crippen molar-refractivity contribution in [3.05, 3.63) is 58.1 Å². The molecule has 0 radical (unpaired) electrons. The SMILES string of the molecule is CC1OC(C2c3cccc(O)c3C(=O)c3c(O)cc(CO)cc32)C(O)C(O)C1O. The van der Waals surface area contributed by atoms with Crippen molar-refractivity contribution < 1.29 is 40.2 Å². The summed E-state index contributed by atoms with van der Waals surface area (Å²) in [5.41, 5.74) is 0.918. The fourth-order valence-corrected chi connectivity index (χ4v) is 4.36.